The zero-order valence-corrected chi connectivity index (χ0v) is 18.5. The van der Waals surface area contributed by atoms with Gasteiger partial charge in [-0.05, 0) is 75.7 Å². The third-order valence-electron chi connectivity index (χ3n) is 6.14. The summed E-state index contributed by atoms with van der Waals surface area (Å²) in [6.07, 6.45) is 6.92. The number of thiocarbonyl (C=S) groups is 1. The van der Waals surface area contributed by atoms with Gasteiger partial charge < -0.3 is 4.57 Å². The van der Waals surface area contributed by atoms with E-state index in [-0.39, 0.29) is 22.6 Å². The van der Waals surface area contributed by atoms with Crippen molar-refractivity contribution in [1.82, 2.24) is 14.8 Å². The van der Waals surface area contributed by atoms with Crippen LogP contribution in [0.15, 0.2) is 35.9 Å². The van der Waals surface area contributed by atoms with Gasteiger partial charge in [-0.25, -0.2) is 0 Å². The number of carbonyl (C=O) groups excluding carboxylic acids is 2. The summed E-state index contributed by atoms with van der Waals surface area (Å²) in [7, 11) is 0. The highest BCUT2D eigenvalue weighted by atomic mass is 32.1. The zero-order valence-electron chi connectivity index (χ0n) is 17.7. The number of aromatic nitrogens is 1. The van der Waals surface area contributed by atoms with Crippen molar-refractivity contribution in [2.24, 2.45) is 0 Å². The van der Waals surface area contributed by atoms with Gasteiger partial charge in [0, 0.05) is 23.1 Å². The molecule has 0 spiro atoms. The Bertz CT molecular complexity index is 1040. The second-order valence-corrected chi connectivity index (χ2v) is 8.67. The number of amides is 2. The minimum absolute atomic E-state index is 0.0720. The molecule has 1 aliphatic carbocycles. The molecule has 1 saturated carbocycles. The Kier molecular flexibility index (Phi) is 5.60. The highest BCUT2D eigenvalue weighted by Gasteiger charge is 2.38. The molecular formula is C24H27N3O2S. The van der Waals surface area contributed by atoms with Crippen LogP contribution in [0.1, 0.15) is 54.6 Å². The minimum atomic E-state index is -0.419. The monoisotopic (exact) mass is 421 g/mol. The summed E-state index contributed by atoms with van der Waals surface area (Å²) in [5, 5.41) is 2.96. The summed E-state index contributed by atoms with van der Waals surface area (Å²) in [5.41, 5.74) is 5.31. The number of carbonyl (C=O) groups is 2. The van der Waals surface area contributed by atoms with Gasteiger partial charge in [0.25, 0.3) is 11.8 Å². The first-order valence-corrected chi connectivity index (χ1v) is 10.9. The molecule has 2 aliphatic rings. The molecule has 2 heterocycles. The van der Waals surface area contributed by atoms with E-state index in [0.29, 0.717) is 0 Å². The van der Waals surface area contributed by atoms with E-state index in [2.05, 4.69) is 41.1 Å². The van der Waals surface area contributed by atoms with Gasteiger partial charge in [-0.1, -0.05) is 37.0 Å². The van der Waals surface area contributed by atoms with E-state index in [1.165, 1.54) is 12.0 Å². The normalized spacial score (nSPS) is 19.5. The number of nitrogens with zero attached hydrogens (tertiary/aromatic N) is 2. The second kappa shape index (κ2) is 8.19. The van der Waals surface area contributed by atoms with Crippen LogP contribution in [0.25, 0.3) is 11.8 Å². The van der Waals surface area contributed by atoms with Gasteiger partial charge >= 0.3 is 0 Å². The number of nitrogens with one attached hydrogen (secondary N) is 1. The highest BCUT2D eigenvalue weighted by molar-refractivity contribution is 7.80. The molecule has 0 unspecified atom stereocenters. The van der Waals surface area contributed by atoms with Crippen LogP contribution in [0.5, 0.6) is 0 Å². The van der Waals surface area contributed by atoms with E-state index < -0.39 is 5.91 Å². The molecule has 0 radical (unpaired) electrons. The Morgan fingerprint density at radius 3 is 2.37 bits per heavy atom. The number of benzene rings is 1. The third-order valence-corrected chi connectivity index (χ3v) is 6.43. The Labute approximate surface area is 182 Å². The van der Waals surface area contributed by atoms with Crippen molar-refractivity contribution in [1.29, 1.82) is 0 Å². The van der Waals surface area contributed by atoms with E-state index in [0.717, 1.165) is 48.3 Å². The van der Waals surface area contributed by atoms with Gasteiger partial charge in [-0.2, -0.15) is 0 Å². The Morgan fingerprint density at radius 2 is 1.70 bits per heavy atom. The lowest BCUT2D eigenvalue weighted by molar-refractivity contribution is -0.130. The van der Waals surface area contributed by atoms with E-state index >= 15 is 0 Å². The fraction of sp³-hybridized carbons (Fsp3) is 0.375. The molecule has 0 bridgehead atoms. The molecule has 4 rings (SSSR count). The van der Waals surface area contributed by atoms with Crippen molar-refractivity contribution < 1.29 is 9.59 Å². The van der Waals surface area contributed by atoms with Crippen LogP contribution < -0.4 is 5.32 Å². The van der Waals surface area contributed by atoms with Crippen LogP contribution in [-0.4, -0.2) is 32.4 Å². The fourth-order valence-electron chi connectivity index (χ4n) is 4.52. The van der Waals surface area contributed by atoms with Gasteiger partial charge in [-0.15, -0.1) is 0 Å². The minimum Gasteiger partial charge on any atom is -0.318 e. The first-order chi connectivity index (χ1) is 14.4. The fourth-order valence-corrected chi connectivity index (χ4v) is 4.85. The summed E-state index contributed by atoms with van der Waals surface area (Å²) in [4.78, 5) is 27.5. The Morgan fingerprint density at radius 1 is 1.03 bits per heavy atom. The number of aryl methyl sites for hydroxylation is 2. The van der Waals surface area contributed by atoms with E-state index in [4.69, 9.17) is 12.2 Å². The summed E-state index contributed by atoms with van der Waals surface area (Å²) < 4.78 is 2.14. The van der Waals surface area contributed by atoms with Crippen LogP contribution in [0, 0.1) is 20.8 Å². The van der Waals surface area contributed by atoms with Gasteiger partial charge in [0.2, 0.25) is 0 Å². The number of hydrogen-bond donors (Lipinski definition) is 1. The zero-order chi connectivity index (χ0) is 21.4. The largest absolute Gasteiger partial charge is 0.318 e. The maximum atomic E-state index is 13.3. The molecule has 1 N–H and O–H groups in total. The second-order valence-electron chi connectivity index (χ2n) is 8.28. The maximum absolute atomic E-state index is 13.3. The molecule has 30 heavy (non-hydrogen) atoms. The predicted molar refractivity (Wildman–Crippen MR) is 122 cm³/mol. The van der Waals surface area contributed by atoms with Crippen molar-refractivity contribution in [3.63, 3.8) is 0 Å². The molecule has 1 aliphatic heterocycles. The highest BCUT2D eigenvalue weighted by Crippen LogP contribution is 2.28. The van der Waals surface area contributed by atoms with Crippen LogP contribution in [0.2, 0.25) is 0 Å². The molecule has 6 heteroatoms. The molecular weight excluding hydrogens is 394 g/mol. The van der Waals surface area contributed by atoms with E-state index in [1.54, 1.807) is 11.0 Å². The summed E-state index contributed by atoms with van der Waals surface area (Å²) in [6.45, 7) is 6.10. The summed E-state index contributed by atoms with van der Waals surface area (Å²) >= 11 is 5.35. The lowest BCUT2D eigenvalue weighted by atomic mass is 9.93. The molecule has 0 atom stereocenters. The van der Waals surface area contributed by atoms with Gasteiger partial charge in [0.05, 0.1) is 0 Å². The summed E-state index contributed by atoms with van der Waals surface area (Å²) in [5.74, 6) is -0.701. The van der Waals surface area contributed by atoms with Crippen LogP contribution in [0.4, 0.5) is 0 Å². The maximum Gasteiger partial charge on any atom is 0.265 e. The molecule has 5 nitrogen and oxygen atoms in total. The molecule has 2 amide bonds. The van der Waals surface area contributed by atoms with Gasteiger partial charge in [-0.3, -0.25) is 19.8 Å². The average molecular weight is 422 g/mol. The first-order valence-electron chi connectivity index (χ1n) is 10.5. The number of rotatable bonds is 3. The molecule has 1 aromatic carbocycles. The van der Waals surface area contributed by atoms with Crippen molar-refractivity contribution in [2.45, 2.75) is 58.9 Å². The predicted octanol–water partition coefficient (Wildman–Crippen LogP) is 4.36. The quantitative estimate of drug-likeness (QED) is 0.455. The topological polar surface area (TPSA) is 54.3 Å². The lowest BCUT2D eigenvalue weighted by Crippen LogP contribution is -2.57. The average Bonchev–Trinajstić information content (AvgIpc) is 3.00. The smallest absolute Gasteiger partial charge is 0.265 e. The molecule has 2 aromatic rings. The van der Waals surface area contributed by atoms with Gasteiger partial charge in [0.1, 0.15) is 5.57 Å². The molecule has 156 valence electrons. The summed E-state index contributed by atoms with van der Waals surface area (Å²) in [6, 6.07) is 10.4. The van der Waals surface area contributed by atoms with E-state index in [9.17, 15) is 9.59 Å². The van der Waals surface area contributed by atoms with Crippen molar-refractivity contribution >= 4 is 35.2 Å². The molecule has 1 aromatic heterocycles. The van der Waals surface area contributed by atoms with Crippen LogP contribution in [-0.2, 0) is 9.59 Å². The Hall–Kier alpha value is -2.73. The van der Waals surface area contributed by atoms with Crippen molar-refractivity contribution in [3.05, 3.63) is 58.4 Å². The van der Waals surface area contributed by atoms with Crippen LogP contribution in [0.3, 0.4) is 0 Å². The molecule has 1 saturated heterocycles. The number of hydrogen-bond acceptors (Lipinski definition) is 3. The first kappa shape index (κ1) is 20.5. The van der Waals surface area contributed by atoms with Crippen molar-refractivity contribution in [2.75, 3.05) is 0 Å². The SMILES string of the molecule is Cc1ccc(-n2c(C)cc(/C=C3/C(=O)NC(=S)N(C4CCCCC4)C3=O)c2C)cc1. The van der Waals surface area contributed by atoms with Crippen LogP contribution >= 0.6 is 12.2 Å². The lowest BCUT2D eigenvalue weighted by Gasteiger charge is -2.37. The van der Waals surface area contributed by atoms with E-state index in [1.807, 2.05) is 19.9 Å². The van der Waals surface area contributed by atoms with Gasteiger partial charge in [0.15, 0.2) is 5.11 Å². The van der Waals surface area contributed by atoms with Crippen molar-refractivity contribution in [3.8, 4) is 5.69 Å². The third kappa shape index (κ3) is 3.72. The molecule has 2 fully saturated rings. The standard InChI is InChI=1S/C24H27N3O2S/c1-15-9-11-20(12-10-15)26-16(2)13-18(17(26)3)14-21-22(28)25-24(30)27(23(21)29)19-7-5-4-6-8-19/h9-14,19H,4-8H2,1-3H3,(H,25,28,30)/b21-14-. The Balaban J connectivity index is 1.70.